The summed E-state index contributed by atoms with van der Waals surface area (Å²) in [6.45, 7) is 0. The highest BCUT2D eigenvalue weighted by Gasteiger charge is 2.13. The van der Waals surface area contributed by atoms with Crippen molar-refractivity contribution in [1.29, 1.82) is 0 Å². The molecule has 0 amide bonds. The summed E-state index contributed by atoms with van der Waals surface area (Å²) in [5.41, 5.74) is 6.92. The van der Waals surface area contributed by atoms with Crippen LogP contribution in [0.15, 0.2) is 41.2 Å². The zero-order valence-corrected chi connectivity index (χ0v) is 10.3. The number of aromatic nitrogens is 4. The van der Waals surface area contributed by atoms with E-state index in [1.807, 2.05) is 0 Å². The topological polar surface area (TPSA) is 90.7 Å². The Balaban J connectivity index is 1.84. The van der Waals surface area contributed by atoms with Gasteiger partial charge in [-0.05, 0) is 17.7 Å². The molecule has 2 N–H and O–H groups in total. The first kappa shape index (κ1) is 12.2. The highest BCUT2D eigenvalue weighted by atomic mass is 19.1. The average Bonchev–Trinajstić information content (AvgIpc) is 2.90. The maximum absolute atomic E-state index is 12.8. The number of anilines is 1. The van der Waals surface area contributed by atoms with E-state index in [1.165, 1.54) is 24.5 Å². The molecular formula is C13H10FN5O. The van der Waals surface area contributed by atoms with Gasteiger partial charge in [0.05, 0.1) is 0 Å². The van der Waals surface area contributed by atoms with Crippen LogP contribution in [-0.2, 0) is 6.42 Å². The Bertz CT molecular complexity index is 726. The lowest BCUT2D eigenvalue weighted by molar-refractivity contribution is 0.422. The number of hydrogen-bond acceptors (Lipinski definition) is 6. The number of rotatable bonds is 3. The van der Waals surface area contributed by atoms with Crippen molar-refractivity contribution >= 4 is 5.82 Å². The quantitative estimate of drug-likeness (QED) is 0.781. The van der Waals surface area contributed by atoms with Gasteiger partial charge in [0.2, 0.25) is 0 Å². The molecule has 0 saturated heterocycles. The van der Waals surface area contributed by atoms with Crippen molar-refractivity contribution < 1.29 is 8.91 Å². The number of nitrogens with zero attached hydrogens (tertiary/aromatic N) is 4. The Morgan fingerprint density at radius 2 is 1.85 bits per heavy atom. The van der Waals surface area contributed by atoms with Gasteiger partial charge >= 0.3 is 0 Å². The molecule has 3 rings (SSSR count). The minimum Gasteiger partial charge on any atom is -0.382 e. The second kappa shape index (κ2) is 5.04. The van der Waals surface area contributed by atoms with Crippen LogP contribution in [0.4, 0.5) is 10.2 Å². The predicted molar refractivity (Wildman–Crippen MR) is 68.9 cm³/mol. The molecule has 0 aliphatic carbocycles. The lowest BCUT2D eigenvalue weighted by Gasteiger charge is -1.96. The highest BCUT2D eigenvalue weighted by Crippen LogP contribution is 2.19. The largest absolute Gasteiger partial charge is 0.382 e. The summed E-state index contributed by atoms with van der Waals surface area (Å²) >= 11 is 0. The van der Waals surface area contributed by atoms with Gasteiger partial charge in [-0.25, -0.2) is 14.4 Å². The summed E-state index contributed by atoms with van der Waals surface area (Å²) in [4.78, 5) is 12.2. The number of nitrogens with two attached hydrogens (primary N) is 1. The van der Waals surface area contributed by atoms with Crippen LogP contribution in [0.25, 0.3) is 11.6 Å². The monoisotopic (exact) mass is 271 g/mol. The standard InChI is InChI=1S/C13H10FN5O/c14-9-3-1-8(2-4-9)7-10-18-13(20-19-10)11-12(15)17-6-5-16-11/h1-6H,7H2,(H2,15,17). The Morgan fingerprint density at radius 3 is 2.60 bits per heavy atom. The first-order chi connectivity index (χ1) is 9.72. The van der Waals surface area contributed by atoms with E-state index in [9.17, 15) is 4.39 Å². The molecule has 2 aromatic heterocycles. The van der Waals surface area contributed by atoms with Crippen LogP contribution in [0, 0.1) is 5.82 Å². The summed E-state index contributed by atoms with van der Waals surface area (Å²) in [6.07, 6.45) is 3.41. The molecule has 0 aliphatic rings. The van der Waals surface area contributed by atoms with Crippen LogP contribution in [0.1, 0.15) is 11.4 Å². The third kappa shape index (κ3) is 2.46. The first-order valence-corrected chi connectivity index (χ1v) is 5.86. The lowest BCUT2D eigenvalue weighted by Crippen LogP contribution is -1.96. The second-order valence-corrected chi connectivity index (χ2v) is 4.11. The molecule has 0 aliphatic heterocycles. The lowest BCUT2D eigenvalue weighted by atomic mass is 10.1. The summed E-state index contributed by atoms with van der Waals surface area (Å²) < 4.78 is 17.9. The molecular weight excluding hydrogens is 261 g/mol. The summed E-state index contributed by atoms with van der Waals surface area (Å²) in [5, 5.41) is 3.85. The molecule has 100 valence electrons. The Hall–Kier alpha value is -2.83. The number of nitrogen functional groups attached to an aromatic ring is 1. The Morgan fingerprint density at radius 1 is 1.10 bits per heavy atom. The van der Waals surface area contributed by atoms with E-state index < -0.39 is 0 Å². The van der Waals surface area contributed by atoms with Crippen LogP contribution in [0.5, 0.6) is 0 Å². The van der Waals surface area contributed by atoms with Crippen LogP contribution >= 0.6 is 0 Å². The van der Waals surface area contributed by atoms with E-state index in [4.69, 9.17) is 10.3 Å². The van der Waals surface area contributed by atoms with E-state index in [-0.39, 0.29) is 17.5 Å². The number of hydrogen-bond donors (Lipinski definition) is 1. The molecule has 3 aromatic rings. The third-order valence-corrected chi connectivity index (χ3v) is 2.67. The molecule has 0 radical (unpaired) electrons. The minimum absolute atomic E-state index is 0.215. The zero-order valence-electron chi connectivity index (χ0n) is 10.3. The SMILES string of the molecule is Nc1nccnc1-c1nc(Cc2ccc(F)cc2)no1. The van der Waals surface area contributed by atoms with Crippen molar-refractivity contribution in [2.24, 2.45) is 0 Å². The molecule has 1 aromatic carbocycles. The van der Waals surface area contributed by atoms with Gasteiger partial charge in [-0.2, -0.15) is 4.98 Å². The molecule has 0 saturated carbocycles. The summed E-state index contributed by atoms with van der Waals surface area (Å²) in [5.74, 6) is 0.628. The molecule has 2 heterocycles. The van der Waals surface area contributed by atoms with Gasteiger partial charge in [-0.3, -0.25) is 0 Å². The van der Waals surface area contributed by atoms with Crippen LogP contribution in [0.2, 0.25) is 0 Å². The van der Waals surface area contributed by atoms with Crippen molar-refractivity contribution in [2.75, 3.05) is 5.73 Å². The Kier molecular flexibility index (Phi) is 3.08. The maximum atomic E-state index is 12.8. The molecule has 0 unspecified atom stereocenters. The van der Waals surface area contributed by atoms with Gasteiger partial charge in [0.15, 0.2) is 17.3 Å². The molecule has 7 heteroatoms. The van der Waals surface area contributed by atoms with Crippen molar-refractivity contribution in [3.05, 3.63) is 53.9 Å². The molecule has 0 bridgehead atoms. The van der Waals surface area contributed by atoms with E-state index in [0.29, 0.717) is 17.9 Å². The van der Waals surface area contributed by atoms with E-state index in [1.54, 1.807) is 12.1 Å². The van der Waals surface area contributed by atoms with Gasteiger partial charge in [0.25, 0.3) is 5.89 Å². The van der Waals surface area contributed by atoms with E-state index >= 15 is 0 Å². The van der Waals surface area contributed by atoms with Crippen molar-refractivity contribution in [3.8, 4) is 11.6 Å². The van der Waals surface area contributed by atoms with E-state index in [0.717, 1.165) is 5.56 Å². The Labute approximate surface area is 113 Å². The molecule has 6 nitrogen and oxygen atoms in total. The fourth-order valence-corrected chi connectivity index (χ4v) is 1.72. The minimum atomic E-state index is -0.283. The summed E-state index contributed by atoms with van der Waals surface area (Å²) in [6, 6.07) is 6.11. The van der Waals surface area contributed by atoms with E-state index in [2.05, 4.69) is 20.1 Å². The van der Waals surface area contributed by atoms with Crippen molar-refractivity contribution in [2.45, 2.75) is 6.42 Å². The molecule has 0 fully saturated rings. The average molecular weight is 271 g/mol. The highest BCUT2D eigenvalue weighted by molar-refractivity contribution is 5.61. The molecule has 0 spiro atoms. The first-order valence-electron chi connectivity index (χ1n) is 5.86. The maximum Gasteiger partial charge on any atom is 0.280 e. The fourth-order valence-electron chi connectivity index (χ4n) is 1.72. The van der Waals surface area contributed by atoms with Gasteiger partial charge in [0, 0.05) is 18.8 Å². The normalized spacial score (nSPS) is 10.7. The fraction of sp³-hybridized carbons (Fsp3) is 0.0769. The van der Waals surface area contributed by atoms with Crippen molar-refractivity contribution in [3.63, 3.8) is 0 Å². The summed E-state index contributed by atoms with van der Waals surface area (Å²) in [7, 11) is 0. The van der Waals surface area contributed by atoms with Gasteiger partial charge in [0.1, 0.15) is 5.82 Å². The van der Waals surface area contributed by atoms with Crippen LogP contribution in [0.3, 0.4) is 0 Å². The zero-order chi connectivity index (χ0) is 13.9. The number of benzene rings is 1. The smallest absolute Gasteiger partial charge is 0.280 e. The van der Waals surface area contributed by atoms with Gasteiger partial charge < -0.3 is 10.3 Å². The third-order valence-electron chi connectivity index (χ3n) is 2.67. The predicted octanol–water partition coefficient (Wildman–Crippen LogP) is 1.84. The molecule has 20 heavy (non-hydrogen) atoms. The van der Waals surface area contributed by atoms with Gasteiger partial charge in [-0.15, -0.1) is 0 Å². The van der Waals surface area contributed by atoms with Crippen LogP contribution in [-0.4, -0.2) is 20.1 Å². The number of halogens is 1. The second-order valence-electron chi connectivity index (χ2n) is 4.11. The molecule has 0 atom stereocenters. The van der Waals surface area contributed by atoms with Crippen molar-refractivity contribution in [1.82, 2.24) is 20.1 Å². The van der Waals surface area contributed by atoms with Gasteiger partial charge in [-0.1, -0.05) is 17.3 Å². The van der Waals surface area contributed by atoms with Crippen LogP contribution < -0.4 is 5.73 Å².